The number of aliphatic carboxylic acids is 1. The summed E-state index contributed by atoms with van der Waals surface area (Å²) in [5.74, 6) is 0.372. The van der Waals surface area contributed by atoms with Crippen molar-refractivity contribution in [1.82, 2.24) is 10.6 Å². The molecule has 0 spiro atoms. The predicted molar refractivity (Wildman–Crippen MR) is 82.9 cm³/mol. The van der Waals surface area contributed by atoms with E-state index in [4.69, 9.17) is 9.84 Å². The highest BCUT2D eigenvalue weighted by molar-refractivity contribution is 7.98. The average molecular weight is 312 g/mol. The van der Waals surface area contributed by atoms with E-state index in [1.165, 1.54) is 11.8 Å². The fraction of sp³-hybridized carbons (Fsp3) is 0.429. The lowest BCUT2D eigenvalue weighted by atomic mass is 10.2. The Bertz CT molecular complexity index is 442. The zero-order valence-corrected chi connectivity index (χ0v) is 12.7. The third-order valence-electron chi connectivity index (χ3n) is 2.61. The molecule has 0 aliphatic carbocycles. The van der Waals surface area contributed by atoms with Gasteiger partial charge in [0.05, 0.1) is 6.54 Å². The first-order valence-corrected chi connectivity index (χ1v) is 7.97. The number of urea groups is 1. The van der Waals surface area contributed by atoms with Crippen LogP contribution in [0.4, 0.5) is 4.79 Å². The summed E-state index contributed by atoms with van der Waals surface area (Å²) in [6, 6.07) is 7.88. The van der Waals surface area contributed by atoms with E-state index in [0.717, 1.165) is 5.75 Å². The van der Waals surface area contributed by atoms with Gasteiger partial charge in [0.1, 0.15) is 18.4 Å². The van der Waals surface area contributed by atoms with Gasteiger partial charge >= 0.3 is 12.0 Å². The predicted octanol–water partition coefficient (Wildman–Crippen LogP) is 1.57. The number of hydrogen-bond donors (Lipinski definition) is 3. The summed E-state index contributed by atoms with van der Waals surface area (Å²) < 4.78 is 5.41. The van der Waals surface area contributed by atoms with E-state index in [2.05, 4.69) is 10.6 Å². The molecule has 1 unspecified atom stereocenters. The average Bonchev–Trinajstić information content (AvgIpc) is 2.48. The molecule has 0 aliphatic heterocycles. The second-order valence-corrected chi connectivity index (χ2v) is 5.22. The van der Waals surface area contributed by atoms with Crippen molar-refractivity contribution >= 4 is 23.8 Å². The van der Waals surface area contributed by atoms with Crippen LogP contribution in [0.3, 0.4) is 0 Å². The Labute approximate surface area is 128 Å². The number of carbonyl (C=O) groups is 2. The standard InChI is InChI=1S/C14H20N2O4S/c1-21-10-7-12(13(17)18)16-14(19)15-8-9-20-11-5-3-2-4-6-11/h2-6,12H,7-10H2,1H3,(H,17,18)(H2,15,16,19). The zero-order chi connectivity index (χ0) is 15.5. The summed E-state index contributed by atoms with van der Waals surface area (Å²) in [5.41, 5.74) is 0. The van der Waals surface area contributed by atoms with Gasteiger partial charge in [0.25, 0.3) is 0 Å². The lowest BCUT2D eigenvalue weighted by molar-refractivity contribution is -0.139. The molecule has 1 rings (SSSR count). The first-order valence-electron chi connectivity index (χ1n) is 6.57. The Morgan fingerprint density at radius 2 is 2.05 bits per heavy atom. The number of carbonyl (C=O) groups excluding carboxylic acids is 1. The molecule has 3 N–H and O–H groups in total. The minimum Gasteiger partial charge on any atom is -0.492 e. The van der Waals surface area contributed by atoms with Gasteiger partial charge in [-0.25, -0.2) is 9.59 Å². The molecule has 2 amide bonds. The summed E-state index contributed by atoms with van der Waals surface area (Å²) in [7, 11) is 0. The Balaban J connectivity index is 2.21. The van der Waals surface area contributed by atoms with Gasteiger partial charge in [-0.2, -0.15) is 11.8 Å². The van der Waals surface area contributed by atoms with Gasteiger partial charge in [-0.15, -0.1) is 0 Å². The third-order valence-corrected chi connectivity index (χ3v) is 3.26. The van der Waals surface area contributed by atoms with Crippen molar-refractivity contribution in [2.24, 2.45) is 0 Å². The van der Waals surface area contributed by atoms with Crippen LogP contribution in [0.2, 0.25) is 0 Å². The summed E-state index contributed by atoms with van der Waals surface area (Å²) in [6.07, 6.45) is 2.28. The number of carboxylic acids is 1. The number of hydrogen-bond acceptors (Lipinski definition) is 4. The maximum atomic E-state index is 11.6. The Kier molecular flexibility index (Phi) is 8.11. The van der Waals surface area contributed by atoms with E-state index < -0.39 is 18.0 Å². The van der Waals surface area contributed by atoms with Gasteiger partial charge in [0, 0.05) is 0 Å². The molecule has 0 heterocycles. The zero-order valence-electron chi connectivity index (χ0n) is 11.9. The number of amides is 2. The summed E-state index contributed by atoms with van der Waals surface area (Å²) in [6.45, 7) is 0.621. The second-order valence-electron chi connectivity index (χ2n) is 4.23. The first-order chi connectivity index (χ1) is 10.1. The number of carboxylic acid groups (broad SMARTS) is 1. The largest absolute Gasteiger partial charge is 0.492 e. The number of benzene rings is 1. The van der Waals surface area contributed by atoms with Gasteiger partial charge in [0.2, 0.25) is 0 Å². The molecule has 1 atom stereocenters. The van der Waals surface area contributed by atoms with Crippen molar-refractivity contribution in [3.05, 3.63) is 30.3 Å². The van der Waals surface area contributed by atoms with Crippen LogP contribution >= 0.6 is 11.8 Å². The van der Waals surface area contributed by atoms with E-state index >= 15 is 0 Å². The van der Waals surface area contributed by atoms with Crippen LogP contribution in [0, 0.1) is 0 Å². The van der Waals surface area contributed by atoms with Crippen LogP contribution in [-0.4, -0.2) is 48.3 Å². The molecule has 0 fully saturated rings. The quantitative estimate of drug-likeness (QED) is 0.603. The maximum Gasteiger partial charge on any atom is 0.326 e. The van der Waals surface area contributed by atoms with Gasteiger partial charge in [-0.05, 0) is 30.6 Å². The van der Waals surface area contributed by atoms with Crippen molar-refractivity contribution < 1.29 is 19.4 Å². The van der Waals surface area contributed by atoms with Crippen molar-refractivity contribution in [2.75, 3.05) is 25.2 Å². The fourth-order valence-corrected chi connectivity index (χ4v) is 2.02. The molecule has 7 heteroatoms. The third kappa shape index (κ3) is 7.45. The summed E-state index contributed by atoms with van der Waals surface area (Å²) >= 11 is 1.54. The van der Waals surface area contributed by atoms with Gasteiger partial charge in [0.15, 0.2) is 0 Å². The molecular weight excluding hydrogens is 292 g/mol. The first kappa shape index (κ1) is 17.2. The van der Waals surface area contributed by atoms with E-state index in [1.807, 2.05) is 36.6 Å². The van der Waals surface area contributed by atoms with Crippen LogP contribution in [0.1, 0.15) is 6.42 Å². The molecule has 1 aromatic rings. The summed E-state index contributed by atoms with van der Waals surface area (Å²) in [5, 5.41) is 14.0. The number of thioether (sulfide) groups is 1. The Hall–Kier alpha value is -1.89. The normalized spacial score (nSPS) is 11.5. The molecule has 21 heavy (non-hydrogen) atoms. The maximum absolute atomic E-state index is 11.6. The minimum atomic E-state index is -1.03. The molecule has 116 valence electrons. The Morgan fingerprint density at radius 3 is 2.67 bits per heavy atom. The van der Waals surface area contributed by atoms with E-state index in [1.54, 1.807) is 0 Å². The molecule has 0 bridgehead atoms. The van der Waals surface area contributed by atoms with Crippen LogP contribution in [-0.2, 0) is 4.79 Å². The van der Waals surface area contributed by atoms with Gasteiger partial charge < -0.3 is 20.5 Å². The molecule has 0 radical (unpaired) electrons. The fourth-order valence-electron chi connectivity index (χ4n) is 1.55. The lowest BCUT2D eigenvalue weighted by Crippen LogP contribution is -2.47. The smallest absolute Gasteiger partial charge is 0.326 e. The van der Waals surface area contributed by atoms with Crippen molar-refractivity contribution in [3.8, 4) is 5.75 Å². The van der Waals surface area contributed by atoms with Crippen LogP contribution in [0.5, 0.6) is 5.75 Å². The van der Waals surface area contributed by atoms with E-state index in [0.29, 0.717) is 25.3 Å². The molecule has 6 nitrogen and oxygen atoms in total. The molecular formula is C14H20N2O4S. The SMILES string of the molecule is CSCCC(NC(=O)NCCOc1ccccc1)C(=O)O. The second kappa shape index (κ2) is 9.93. The van der Waals surface area contributed by atoms with Crippen molar-refractivity contribution in [2.45, 2.75) is 12.5 Å². The highest BCUT2D eigenvalue weighted by Crippen LogP contribution is 2.07. The summed E-state index contributed by atoms with van der Waals surface area (Å²) in [4.78, 5) is 22.6. The molecule has 0 saturated carbocycles. The Morgan fingerprint density at radius 1 is 1.33 bits per heavy atom. The number of nitrogens with one attached hydrogen (secondary N) is 2. The lowest BCUT2D eigenvalue weighted by Gasteiger charge is -2.14. The molecule has 0 aromatic heterocycles. The number of ether oxygens (including phenoxy) is 1. The van der Waals surface area contributed by atoms with Crippen LogP contribution in [0.25, 0.3) is 0 Å². The van der Waals surface area contributed by atoms with Crippen molar-refractivity contribution in [1.29, 1.82) is 0 Å². The number of rotatable bonds is 9. The van der Waals surface area contributed by atoms with Crippen LogP contribution < -0.4 is 15.4 Å². The highest BCUT2D eigenvalue weighted by atomic mass is 32.2. The van der Waals surface area contributed by atoms with E-state index in [9.17, 15) is 9.59 Å². The monoisotopic (exact) mass is 312 g/mol. The topological polar surface area (TPSA) is 87.7 Å². The van der Waals surface area contributed by atoms with E-state index in [-0.39, 0.29) is 0 Å². The van der Waals surface area contributed by atoms with Crippen molar-refractivity contribution in [3.63, 3.8) is 0 Å². The highest BCUT2D eigenvalue weighted by Gasteiger charge is 2.18. The van der Waals surface area contributed by atoms with Gasteiger partial charge in [-0.1, -0.05) is 18.2 Å². The molecule has 0 aliphatic rings. The minimum absolute atomic E-state index is 0.301. The number of para-hydroxylation sites is 1. The van der Waals surface area contributed by atoms with Crippen LogP contribution in [0.15, 0.2) is 30.3 Å². The molecule has 1 aromatic carbocycles. The van der Waals surface area contributed by atoms with Gasteiger partial charge in [-0.3, -0.25) is 0 Å². The molecule has 0 saturated heterocycles.